The second kappa shape index (κ2) is 11.9. The first-order valence-corrected chi connectivity index (χ1v) is 9.03. The van der Waals surface area contributed by atoms with E-state index in [1.165, 1.54) is 0 Å². The van der Waals surface area contributed by atoms with Crippen molar-refractivity contribution in [3.63, 3.8) is 0 Å². The molecule has 140 valence electrons. The fourth-order valence-corrected chi connectivity index (χ4v) is 2.38. The van der Waals surface area contributed by atoms with E-state index in [1.54, 1.807) is 42.7 Å². The van der Waals surface area contributed by atoms with Gasteiger partial charge in [-0.1, -0.05) is 26.8 Å². The topological polar surface area (TPSA) is 84.0 Å². The number of ketones is 1. The molecule has 2 aromatic rings. The third-order valence-corrected chi connectivity index (χ3v) is 3.79. The molecule has 26 heavy (non-hydrogen) atoms. The molecule has 2 N–H and O–H groups in total. The smallest absolute Gasteiger partial charge is 0.256 e. The van der Waals surface area contributed by atoms with Gasteiger partial charge in [-0.15, -0.1) is 0 Å². The summed E-state index contributed by atoms with van der Waals surface area (Å²) in [6, 6.07) is 8.33. The second-order valence-corrected chi connectivity index (χ2v) is 5.46. The van der Waals surface area contributed by atoms with Crippen molar-refractivity contribution in [3.05, 3.63) is 54.0 Å². The summed E-state index contributed by atoms with van der Waals surface area (Å²) in [5.74, 6) is 0.0201. The number of nitrogens with zero attached hydrogens (tertiary/aromatic N) is 2. The average Bonchev–Trinajstić information content (AvgIpc) is 2.70. The number of amides is 1. The van der Waals surface area contributed by atoms with Crippen LogP contribution in [0.5, 0.6) is 0 Å². The van der Waals surface area contributed by atoms with Gasteiger partial charge < -0.3 is 10.6 Å². The number of rotatable bonds is 8. The van der Waals surface area contributed by atoms with Crippen molar-refractivity contribution in [2.75, 3.05) is 18.9 Å². The van der Waals surface area contributed by atoms with Crippen LogP contribution in [0.3, 0.4) is 0 Å². The molecule has 6 heteroatoms. The van der Waals surface area contributed by atoms with Crippen LogP contribution in [-0.4, -0.2) is 35.3 Å². The highest BCUT2D eigenvalue weighted by molar-refractivity contribution is 6.04. The summed E-state index contributed by atoms with van der Waals surface area (Å²) in [6.45, 7) is 6.77. The monoisotopic (exact) mass is 356 g/mol. The Hall–Kier alpha value is -2.60. The number of carbonyl (C=O) groups is 2. The molecule has 1 unspecified atom stereocenters. The zero-order valence-electron chi connectivity index (χ0n) is 16.0. The molecule has 0 bridgehead atoms. The molecule has 2 heterocycles. The highest BCUT2D eigenvalue weighted by Crippen LogP contribution is 2.16. The van der Waals surface area contributed by atoms with Crippen molar-refractivity contribution in [2.45, 2.75) is 33.6 Å². The Balaban J connectivity index is 0.00000163. The molecule has 0 radical (unpaired) electrons. The third kappa shape index (κ3) is 6.37. The molecule has 0 saturated carbocycles. The van der Waals surface area contributed by atoms with Crippen LogP contribution in [0, 0.1) is 5.92 Å². The van der Waals surface area contributed by atoms with Crippen LogP contribution in [0.4, 0.5) is 5.82 Å². The molecule has 1 amide bonds. The molecule has 0 aliphatic rings. The maximum Gasteiger partial charge on any atom is 0.256 e. The van der Waals surface area contributed by atoms with Crippen LogP contribution in [-0.2, 0) is 0 Å². The summed E-state index contributed by atoms with van der Waals surface area (Å²) in [7, 11) is 1.87. The number of hydrogen-bond acceptors (Lipinski definition) is 5. The summed E-state index contributed by atoms with van der Waals surface area (Å²) < 4.78 is 0. The Labute approximate surface area is 155 Å². The van der Waals surface area contributed by atoms with Crippen molar-refractivity contribution < 1.29 is 9.59 Å². The van der Waals surface area contributed by atoms with Gasteiger partial charge in [0.1, 0.15) is 11.5 Å². The van der Waals surface area contributed by atoms with Gasteiger partial charge in [0.25, 0.3) is 5.91 Å². The Bertz CT molecular complexity index is 689. The lowest BCUT2D eigenvalue weighted by Gasteiger charge is -2.13. The number of hydrogen-bond donors (Lipinski definition) is 2. The number of carbonyl (C=O) groups excluding carboxylic acids is 2. The molecule has 0 spiro atoms. The Kier molecular flexibility index (Phi) is 9.79. The van der Waals surface area contributed by atoms with Crippen molar-refractivity contribution in [1.29, 1.82) is 0 Å². The van der Waals surface area contributed by atoms with Crippen LogP contribution < -0.4 is 10.6 Å². The number of pyridine rings is 2. The molecular formula is C20H28N4O2. The minimum absolute atomic E-state index is 0.00719. The van der Waals surface area contributed by atoms with Gasteiger partial charge in [0.15, 0.2) is 5.78 Å². The van der Waals surface area contributed by atoms with E-state index in [1.807, 2.05) is 27.8 Å². The van der Waals surface area contributed by atoms with Gasteiger partial charge in [-0.05, 0) is 50.7 Å². The molecule has 0 fully saturated rings. The van der Waals surface area contributed by atoms with E-state index in [-0.39, 0.29) is 17.6 Å². The molecule has 0 aliphatic carbocycles. The zero-order chi connectivity index (χ0) is 19.4. The van der Waals surface area contributed by atoms with Gasteiger partial charge in [0, 0.05) is 23.9 Å². The minimum atomic E-state index is -0.281. The van der Waals surface area contributed by atoms with E-state index >= 15 is 0 Å². The maximum absolute atomic E-state index is 12.6. The first-order chi connectivity index (χ1) is 12.7. The number of anilines is 1. The summed E-state index contributed by atoms with van der Waals surface area (Å²) >= 11 is 0. The third-order valence-electron chi connectivity index (χ3n) is 3.79. The fraction of sp³-hybridized carbons (Fsp3) is 0.400. The number of aromatic nitrogens is 2. The maximum atomic E-state index is 12.6. The first-order valence-electron chi connectivity index (χ1n) is 9.03. The summed E-state index contributed by atoms with van der Waals surface area (Å²) in [4.78, 5) is 32.9. The summed E-state index contributed by atoms with van der Waals surface area (Å²) in [5, 5.41) is 5.77. The van der Waals surface area contributed by atoms with Crippen molar-refractivity contribution >= 4 is 17.5 Å². The van der Waals surface area contributed by atoms with Crippen molar-refractivity contribution in [1.82, 2.24) is 15.3 Å². The molecule has 2 rings (SSSR count). The second-order valence-electron chi connectivity index (χ2n) is 5.46. The lowest BCUT2D eigenvalue weighted by atomic mass is 9.95. The molecule has 0 saturated heterocycles. The molecule has 0 aliphatic heterocycles. The van der Waals surface area contributed by atoms with Crippen molar-refractivity contribution in [3.8, 4) is 0 Å². The van der Waals surface area contributed by atoms with Gasteiger partial charge >= 0.3 is 0 Å². The van der Waals surface area contributed by atoms with E-state index in [0.29, 0.717) is 17.1 Å². The predicted octanol–water partition coefficient (Wildman–Crippen LogP) is 3.57. The minimum Gasteiger partial charge on any atom is -0.320 e. The normalized spacial score (nSPS) is 11.1. The largest absolute Gasteiger partial charge is 0.320 e. The SMILES string of the molecule is CC.CCC(CCNC)C(=O)c1cccc(NC(=O)c2ccncc2)n1. The number of nitrogens with one attached hydrogen (secondary N) is 2. The van der Waals surface area contributed by atoms with E-state index in [2.05, 4.69) is 20.6 Å². The van der Waals surface area contributed by atoms with E-state index in [0.717, 1.165) is 19.4 Å². The summed E-state index contributed by atoms with van der Waals surface area (Å²) in [5.41, 5.74) is 0.870. The van der Waals surface area contributed by atoms with Crippen LogP contribution in [0.1, 0.15) is 54.5 Å². The summed E-state index contributed by atoms with van der Waals surface area (Å²) in [6.07, 6.45) is 4.63. The lowest BCUT2D eigenvalue weighted by Crippen LogP contribution is -2.21. The molecule has 6 nitrogen and oxygen atoms in total. The van der Waals surface area contributed by atoms with Crippen LogP contribution in [0.25, 0.3) is 0 Å². The Morgan fingerprint density at radius 1 is 1.12 bits per heavy atom. The quantitative estimate of drug-likeness (QED) is 0.706. The van der Waals surface area contributed by atoms with Crippen LogP contribution >= 0.6 is 0 Å². The van der Waals surface area contributed by atoms with Gasteiger partial charge in [-0.3, -0.25) is 14.6 Å². The lowest BCUT2D eigenvalue weighted by molar-refractivity contribution is 0.0904. The Morgan fingerprint density at radius 2 is 1.81 bits per heavy atom. The van der Waals surface area contributed by atoms with Gasteiger partial charge in [0.05, 0.1) is 0 Å². The van der Waals surface area contributed by atoms with Gasteiger partial charge in [-0.25, -0.2) is 4.98 Å². The fourth-order valence-electron chi connectivity index (χ4n) is 2.38. The highest BCUT2D eigenvalue weighted by atomic mass is 16.1. The van der Waals surface area contributed by atoms with Gasteiger partial charge in [0.2, 0.25) is 0 Å². The van der Waals surface area contributed by atoms with Crippen LogP contribution in [0.15, 0.2) is 42.7 Å². The van der Waals surface area contributed by atoms with E-state index in [4.69, 9.17) is 0 Å². The van der Waals surface area contributed by atoms with Gasteiger partial charge in [-0.2, -0.15) is 0 Å². The molecule has 0 aromatic carbocycles. The van der Waals surface area contributed by atoms with E-state index in [9.17, 15) is 9.59 Å². The zero-order valence-corrected chi connectivity index (χ0v) is 16.0. The first kappa shape index (κ1) is 21.4. The molecule has 2 aromatic heterocycles. The van der Waals surface area contributed by atoms with Crippen molar-refractivity contribution in [2.24, 2.45) is 5.92 Å². The van der Waals surface area contributed by atoms with Crippen LogP contribution in [0.2, 0.25) is 0 Å². The molecular weight excluding hydrogens is 328 g/mol. The molecule has 1 atom stereocenters. The predicted molar refractivity (Wildman–Crippen MR) is 104 cm³/mol. The standard InChI is InChI=1S/C18H22N4O2.C2H6/c1-3-13(7-10-19-2)17(23)15-5-4-6-16(21-15)22-18(24)14-8-11-20-12-9-14;1-2/h4-6,8-9,11-13,19H,3,7,10H2,1-2H3,(H,21,22,24);1-2H3. The highest BCUT2D eigenvalue weighted by Gasteiger charge is 2.19. The Morgan fingerprint density at radius 3 is 2.42 bits per heavy atom. The average molecular weight is 356 g/mol. The van der Waals surface area contributed by atoms with E-state index < -0.39 is 0 Å². The number of Topliss-reactive ketones (excluding diaryl/α,β-unsaturated/α-hetero) is 1.